The maximum atomic E-state index is 12.2. The molecule has 2 nitrogen and oxygen atoms in total. The zero-order valence-electron chi connectivity index (χ0n) is 10.3. The van der Waals surface area contributed by atoms with Crippen molar-refractivity contribution in [3.8, 4) is 5.75 Å². The first-order chi connectivity index (χ1) is 8.86. The number of phenols is 1. The molecule has 1 saturated heterocycles. The highest BCUT2D eigenvalue weighted by Gasteiger charge is 2.24. The van der Waals surface area contributed by atoms with E-state index in [4.69, 9.17) is 5.11 Å². The first-order valence-corrected chi connectivity index (χ1v) is 5.75. The largest absolute Gasteiger partial charge is 0.503 e. The molecule has 7 heteroatoms. The lowest BCUT2D eigenvalue weighted by molar-refractivity contribution is 0.277. The standard InChI is InChI=1S/C6HF5O.C6H13N/c7-1-2(8)4(10)6(12)5(11)3(1)9;1-7-5-3-2-4-6-7/h12H;2-6H2,1H3. The fraction of sp³-hybridized carbons (Fsp3) is 0.500. The Balaban J connectivity index is 0.000000218. The predicted octanol–water partition coefficient (Wildman–Crippen LogP) is 3.19. The molecule has 0 atom stereocenters. The number of halogens is 5. The highest BCUT2D eigenvalue weighted by molar-refractivity contribution is 5.27. The topological polar surface area (TPSA) is 23.5 Å². The highest BCUT2D eigenvalue weighted by Crippen LogP contribution is 2.27. The summed E-state index contributed by atoms with van der Waals surface area (Å²) in [6, 6.07) is 0. The Bertz CT molecular complexity index is 341. The molecule has 1 aromatic rings. The number of benzene rings is 1. The second-order valence-electron chi connectivity index (χ2n) is 4.28. The van der Waals surface area contributed by atoms with E-state index < -0.39 is 34.8 Å². The van der Waals surface area contributed by atoms with Crippen molar-refractivity contribution in [2.24, 2.45) is 0 Å². The SMILES string of the molecule is CN1CCCCC1.Oc1c(F)c(F)c(F)c(F)c1F. The smallest absolute Gasteiger partial charge is 0.206 e. The fourth-order valence-electron chi connectivity index (χ4n) is 1.65. The minimum atomic E-state index is -2.29. The molecular weight excluding hydrogens is 269 g/mol. The summed E-state index contributed by atoms with van der Waals surface area (Å²) in [5.41, 5.74) is 0. The van der Waals surface area contributed by atoms with Gasteiger partial charge in [-0.1, -0.05) is 6.42 Å². The number of nitrogens with zero attached hydrogens (tertiary/aromatic N) is 1. The molecule has 19 heavy (non-hydrogen) atoms. The molecule has 1 aromatic carbocycles. The lowest BCUT2D eigenvalue weighted by Crippen LogP contribution is -2.24. The van der Waals surface area contributed by atoms with Gasteiger partial charge in [-0.15, -0.1) is 0 Å². The van der Waals surface area contributed by atoms with Crippen LogP contribution in [0.2, 0.25) is 0 Å². The summed E-state index contributed by atoms with van der Waals surface area (Å²) in [4.78, 5) is 2.39. The van der Waals surface area contributed by atoms with Crippen LogP contribution in [0.5, 0.6) is 5.75 Å². The van der Waals surface area contributed by atoms with E-state index in [0.717, 1.165) is 0 Å². The number of phenolic OH excluding ortho intramolecular Hbond substituents is 1. The van der Waals surface area contributed by atoms with Crippen molar-refractivity contribution in [1.29, 1.82) is 0 Å². The lowest BCUT2D eigenvalue weighted by atomic mass is 10.1. The minimum absolute atomic E-state index is 1.32. The second kappa shape index (κ2) is 6.70. The molecule has 1 heterocycles. The van der Waals surface area contributed by atoms with Gasteiger partial charge in [0.25, 0.3) is 0 Å². The summed E-state index contributed by atoms with van der Waals surface area (Å²) in [7, 11) is 2.19. The van der Waals surface area contributed by atoms with Gasteiger partial charge in [-0.3, -0.25) is 0 Å². The molecule has 1 fully saturated rings. The van der Waals surface area contributed by atoms with Crippen LogP contribution in [-0.2, 0) is 0 Å². The number of piperidine rings is 1. The molecule has 0 bridgehead atoms. The Morgan fingerprint density at radius 1 is 0.737 bits per heavy atom. The molecule has 1 N–H and O–H groups in total. The normalized spacial score (nSPS) is 15.9. The molecule has 0 aromatic heterocycles. The number of aromatic hydroxyl groups is 1. The maximum Gasteiger partial charge on any atom is 0.206 e. The zero-order valence-corrected chi connectivity index (χ0v) is 10.3. The van der Waals surface area contributed by atoms with Gasteiger partial charge in [-0.05, 0) is 33.0 Å². The van der Waals surface area contributed by atoms with E-state index in [2.05, 4.69) is 11.9 Å². The van der Waals surface area contributed by atoms with Gasteiger partial charge in [0, 0.05) is 0 Å². The minimum Gasteiger partial charge on any atom is -0.503 e. The van der Waals surface area contributed by atoms with Crippen LogP contribution in [0.4, 0.5) is 22.0 Å². The van der Waals surface area contributed by atoms with E-state index in [0.29, 0.717) is 0 Å². The van der Waals surface area contributed by atoms with Crippen LogP contribution in [0.15, 0.2) is 0 Å². The molecular formula is C12H14F5NO. The molecule has 1 aliphatic rings. The summed E-state index contributed by atoms with van der Waals surface area (Å²) in [6.07, 6.45) is 4.28. The molecule has 1 aliphatic heterocycles. The van der Waals surface area contributed by atoms with Gasteiger partial charge in [-0.2, -0.15) is 8.78 Å². The third kappa shape index (κ3) is 3.79. The molecule has 0 radical (unpaired) electrons. The van der Waals surface area contributed by atoms with Crippen LogP contribution < -0.4 is 0 Å². The summed E-state index contributed by atoms with van der Waals surface area (Å²) >= 11 is 0. The van der Waals surface area contributed by atoms with Gasteiger partial charge in [0.15, 0.2) is 5.75 Å². The second-order valence-corrected chi connectivity index (χ2v) is 4.28. The van der Waals surface area contributed by atoms with E-state index in [1.165, 1.54) is 32.4 Å². The quantitative estimate of drug-likeness (QED) is 0.449. The lowest BCUT2D eigenvalue weighted by Gasteiger charge is -2.20. The average molecular weight is 283 g/mol. The molecule has 0 aliphatic carbocycles. The molecule has 2 rings (SSSR count). The van der Waals surface area contributed by atoms with E-state index in [1.807, 2.05) is 0 Å². The molecule has 0 spiro atoms. The number of hydrogen-bond acceptors (Lipinski definition) is 2. The number of rotatable bonds is 0. The van der Waals surface area contributed by atoms with Crippen LogP contribution in [0.1, 0.15) is 19.3 Å². The van der Waals surface area contributed by atoms with Gasteiger partial charge in [0.1, 0.15) is 0 Å². The zero-order chi connectivity index (χ0) is 14.6. The van der Waals surface area contributed by atoms with Crippen LogP contribution in [0.25, 0.3) is 0 Å². The van der Waals surface area contributed by atoms with Gasteiger partial charge in [0.05, 0.1) is 0 Å². The van der Waals surface area contributed by atoms with Crippen molar-refractivity contribution >= 4 is 0 Å². The summed E-state index contributed by atoms with van der Waals surface area (Å²) in [5, 5.41) is 8.30. The van der Waals surface area contributed by atoms with Crippen molar-refractivity contribution in [1.82, 2.24) is 4.90 Å². The summed E-state index contributed by atoms with van der Waals surface area (Å²) in [6.45, 7) is 2.64. The van der Waals surface area contributed by atoms with Gasteiger partial charge >= 0.3 is 0 Å². The van der Waals surface area contributed by atoms with Gasteiger partial charge in [-0.25, -0.2) is 13.2 Å². The van der Waals surface area contributed by atoms with E-state index in [1.54, 1.807) is 0 Å². The monoisotopic (exact) mass is 283 g/mol. The van der Waals surface area contributed by atoms with Gasteiger partial charge < -0.3 is 10.0 Å². The van der Waals surface area contributed by atoms with Crippen LogP contribution in [0.3, 0.4) is 0 Å². The Morgan fingerprint density at radius 2 is 1.11 bits per heavy atom. The van der Waals surface area contributed by atoms with Crippen molar-refractivity contribution in [3.63, 3.8) is 0 Å². The number of hydrogen-bond donors (Lipinski definition) is 1. The Labute approximate surface area is 107 Å². The number of likely N-dealkylation sites (tertiary alicyclic amines) is 1. The van der Waals surface area contributed by atoms with E-state index >= 15 is 0 Å². The van der Waals surface area contributed by atoms with Gasteiger partial charge in [0.2, 0.25) is 29.1 Å². The molecule has 108 valence electrons. The third-order valence-electron chi connectivity index (χ3n) is 2.77. The Hall–Kier alpha value is -1.37. The predicted molar refractivity (Wildman–Crippen MR) is 59.2 cm³/mol. The van der Waals surface area contributed by atoms with Crippen LogP contribution >= 0.6 is 0 Å². The van der Waals surface area contributed by atoms with Crippen molar-refractivity contribution in [3.05, 3.63) is 29.1 Å². The molecule has 0 amide bonds. The Kier molecular flexibility index (Phi) is 5.53. The first kappa shape index (κ1) is 15.7. The van der Waals surface area contributed by atoms with Crippen molar-refractivity contribution in [2.45, 2.75) is 19.3 Å². The Morgan fingerprint density at radius 3 is 1.42 bits per heavy atom. The third-order valence-corrected chi connectivity index (χ3v) is 2.77. The highest BCUT2D eigenvalue weighted by atomic mass is 19.2. The summed E-state index contributed by atoms with van der Waals surface area (Å²) in [5.74, 6) is -12.9. The van der Waals surface area contributed by atoms with E-state index in [-0.39, 0.29) is 0 Å². The first-order valence-electron chi connectivity index (χ1n) is 5.75. The van der Waals surface area contributed by atoms with Crippen LogP contribution in [0, 0.1) is 29.1 Å². The fourth-order valence-corrected chi connectivity index (χ4v) is 1.65. The maximum absolute atomic E-state index is 12.2. The average Bonchev–Trinajstić information content (AvgIpc) is 2.42. The molecule has 0 unspecified atom stereocenters. The van der Waals surface area contributed by atoms with Crippen LogP contribution in [-0.4, -0.2) is 30.1 Å². The summed E-state index contributed by atoms with van der Waals surface area (Å²) < 4.78 is 60.6. The van der Waals surface area contributed by atoms with Crippen molar-refractivity contribution in [2.75, 3.05) is 20.1 Å². The molecule has 0 saturated carbocycles. The van der Waals surface area contributed by atoms with E-state index in [9.17, 15) is 22.0 Å². The van der Waals surface area contributed by atoms with Crippen molar-refractivity contribution < 1.29 is 27.1 Å².